The first-order valence-corrected chi connectivity index (χ1v) is 8.46. The lowest BCUT2D eigenvalue weighted by Crippen LogP contribution is -2.48. The van der Waals surface area contributed by atoms with Crippen molar-refractivity contribution in [2.24, 2.45) is 23.5 Å². The van der Waals surface area contributed by atoms with Gasteiger partial charge in [0.1, 0.15) is 0 Å². The molecule has 0 aromatic heterocycles. The second-order valence-corrected chi connectivity index (χ2v) is 6.95. The number of rotatable bonds is 4. The second kappa shape index (κ2) is 7.95. The van der Waals surface area contributed by atoms with E-state index in [1.807, 2.05) is 0 Å². The van der Waals surface area contributed by atoms with Crippen LogP contribution in [-0.2, 0) is 9.53 Å². The normalized spacial score (nSPS) is 35.3. The zero-order valence-electron chi connectivity index (χ0n) is 13.6. The van der Waals surface area contributed by atoms with Crippen LogP contribution in [0.2, 0.25) is 0 Å². The number of nitrogens with zero attached hydrogens (tertiary/aromatic N) is 2. The number of amides is 1. The van der Waals surface area contributed by atoms with Crippen molar-refractivity contribution in [2.45, 2.75) is 31.7 Å². The summed E-state index contributed by atoms with van der Waals surface area (Å²) >= 11 is 0. The number of hydrogen-bond donors (Lipinski definition) is 1. The van der Waals surface area contributed by atoms with Gasteiger partial charge in [0.25, 0.3) is 0 Å². The monoisotopic (exact) mass is 331 g/mol. The Kier molecular flexibility index (Phi) is 6.50. The lowest BCUT2D eigenvalue weighted by atomic mass is 9.84. The van der Waals surface area contributed by atoms with Crippen molar-refractivity contribution in [3.63, 3.8) is 0 Å². The maximum absolute atomic E-state index is 12.9. The van der Waals surface area contributed by atoms with Gasteiger partial charge in [0, 0.05) is 39.3 Å². The van der Waals surface area contributed by atoms with Gasteiger partial charge in [0.2, 0.25) is 5.91 Å². The third-order valence-corrected chi connectivity index (χ3v) is 5.78. The summed E-state index contributed by atoms with van der Waals surface area (Å²) < 4.78 is 5.15. The Balaban J connectivity index is 0.00000176. The molecule has 0 aromatic carbocycles. The van der Waals surface area contributed by atoms with E-state index in [1.54, 1.807) is 7.11 Å². The summed E-state index contributed by atoms with van der Waals surface area (Å²) in [4.78, 5) is 17.4. The first-order valence-electron chi connectivity index (χ1n) is 8.46. The molecule has 0 radical (unpaired) electrons. The number of methoxy groups -OCH3 is 1. The Morgan fingerprint density at radius 3 is 2.64 bits per heavy atom. The summed E-state index contributed by atoms with van der Waals surface area (Å²) in [5.74, 6) is 1.61. The topological polar surface area (TPSA) is 58.8 Å². The number of carbonyl (C=O) groups is 1. The molecule has 0 spiro atoms. The fourth-order valence-corrected chi connectivity index (χ4v) is 4.55. The maximum Gasteiger partial charge on any atom is 0.227 e. The lowest BCUT2D eigenvalue weighted by Gasteiger charge is -2.32. The van der Waals surface area contributed by atoms with E-state index in [0.717, 1.165) is 45.8 Å². The minimum atomic E-state index is 0. The minimum absolute atomic E-state index is 0. The Hall–Kier alpha value is -0.360. The third-order valence-electron chi connectivity index (χ3n) is 5.78. The van der Waals surface area contributed by atoms with E-state index < -0.39 is 0 Å². The number of carbonyl (C=O) groups excluding carboxylic acids is 1. The molecule has 6 heteroatoms. The molecule has 4 atom stereocenters. The van der Waals surface area contributed by atoms with Crippen molar-refractivity contribution in [2.75, 3.05) is 46.4 Å². The maximum atomic E-state index is 12.9. The number of hydrogen-bond acceptors (Lipinski definition) is 4. The molecule has 3 aliphatic rings. The summed E-state index contributed by atoms with van der Waals surface area (Å²) in [7, 11) is 1.74. The highest BCUT2D eigenvalue weighted by Gasteiger charge is 2.50. The van der Waals surface area contributed by atoms with Gasteiger partial charge in [-0.05, 0) is 44.1 Å². The molecule has 4 unspecified atom stereocenters. The van der Waals surface area contributed by atoms with Gasteiger partial charge < -0.3 is 15.4 Å². The SMILES string of the molecule is COCCN1CCCN(C(=O)C2C3CCC(C3)C2N)CC1.Cl. The summed E-state index contributed by atoms with van der Waals surface area (Å²) in [6.45, 7) is 5.50. The zero-order valence-corrected chi connectivity index (χ0v) is 14.4. The Bertz CT molecular complexity index is 380. The molecular weight excluding hydrogens is 302 g/mol. The molecule has 22 heavy (non-hydrogen) atoms. The third kappa shape index (κ3) is 3.58. The van der Waals surface area contributed by atoms with E-state index in [-0.39, 0.29) is 24.4 Å². The Morgan fingerprint density at radius 2 is 1.95 bits per heavy atom. The highest BCUT2D eigenvalue weighted by Crippen LogP contribution is 2.48. The molecule has 2 bridgehead atoms. The van der Waals surface area contributed by atoms with Gasteiger partial charge in [0.05, 0.1) is 12.5 Å². The minimum Gasteiger partial charge on any atom is -0.383 e. The van der Waals surface area contributed by atoms with Crippen LogP contribution in [0.25, 0.3) is 0 Å². The molecule has 1 heterocycles. The van der Waals surface area contributed by atoms with Crippen LogP contribution in [0.5, 0.6) is 0 Å². The second-order valence-electron chi connectivity index (χ2n) is 6.95. The van der Waals surface area contributed by atoms with E-state index in [9.17, 15) is 4.79 Å². The molecule has 5 nitrogen and oxygen atoms in total. The van der Waals surface area contributed by atoms with Crippen molar-refractivity contribution < 1.29 is 9.53 Å². The predicted molar refractivity (Wildman–Crippen MR) is 89.1 cm³/mol. The smallest absolute Gasteiger partial charge is 0.227 e. The largest absolute Gasteiger partial charge is 0.383 e. The fourth-order valence-electron chi connectivity index (χ4n) is 4.55. The number of fused-ring (bicyclic) bond motifs is 2. The van der Waals surface area contributed by atoms with Crippen LogP contribution in [0, 0.1) is 17.8 Å². The van der Waals surface area contributed by atoms with Gasteiger partial charge in [-0.1, -0.05) is 0 Å². The number of nitrogens with two attached hydrogens (primary N) is 1. The highest BCUT2D eigenvalue weighted by atomic mass is 35.5. The quantitative estimate of drug-likeness (QED) is 0.833. The molecule has 1 amide bonds. The van der Waals surface area contributed by atoms with Crippen molar-refractivity contribution in [3.05, 3.63) is 0 Å². The first kappa shape index (κ1) is 18.0. The van der Waals surface area contributed by atoms with Crippen molar-refractivity contribution in [1.29, 1.82) is 0 Å². The van der Waals surface area contributed by atoms with Crippen LogP contribution in [0.4, 0.5) is 0 Å². The summed E-state index contributed by atoms with van der Waals surface area (Å²) in [6, 6.07) is 0.115. The Labute approximate surface area is 139 Å². The van der Waals surface area contributed by atoms with Gasteiger partial charge in [-0.25, -0.2) is 0 Å². The van der Waals surface area contributed by atoms with Gasteiger partial charge >= 0.3 is 0 Å². The van der Waals surface area contributed by atoms with Crippen LogP contribution >= 0.6 is 12.4 Å². The fraction of sp³-hybridized carbons (Fsp3) is 0.938. The summed E-state index contributed by atoms with van der Waals surface area (Å²) in [5, 5.41) is 0. The molecule has 1 saturated heterocycles. The molecule has 3 rings (SSSR count). The average molecular weight is 332 g/mol. The van der Waals surface area contributed by atoms with E-state index in [0.29, 0.717) is 17.7 Å². The van der Waals surface area contributed by atoms with E-state index in [1.165, 1.54) is 19.3 Å². The standard InChI is InChI=1S/C16H29N3O2.ClH/c1-21-10-9-18-5-2-6-19(8-7-18)16(20)14-12-3-4-13(11-12)15(14)17;/h12-15H,2-11,17H2,1H3;1H. The average Bonchev–Trinajstić information content (AvgIpc) is 2.98. The molecule has 2 N–H and O–H groups in total. The van der Waals surface area contributed by atoms with Crippen molar-refractivity contribution in [3.8, 4) is 0 Å². The van der Waals surface area contributed by atoms with Crippen LogP contribution in [0.3, 0.4) is 0 Å². The number of ether oxygens (including phenoxy) is 1. The lowest BCUT2D eigenvalue weighted by molar-refractivity contribution is -0.137. The first-order chi connectivity index (χ1) is 10.2. The van der Waals surface area contributed by atoms with Gasteiger partial charge in [-0.2, -0.15) is 0 Å². The molecule has 2 aliphatic carbocycles. The molecular formula is C16H30ClN3O2. The summed E-state index contributed by atoms with van der Waals surface area (Å²) in [5.41, 5.74) is 6.33. The number of halogens is 1. The van der Waals surface area contributed by atoms with Crippen LogP contribution in [0.15, 0.2) is 0 Å². The van der Waals surface area contributed by atoms with Gasteiger partial charge in [0.15, 0.2) is 0 Å². The van der Waals surface area contributed by atoms with Crippen LogP contribution in [-0.4, -0.2) is 68.2 Å². The predicted octanol–water partition coefficient (Wildman–Crippen LogP) is 0.962. The van der Waals surface area contributed by atoms with Crippen LogP contribution in [0.1, 0.15) is 25.7 Å². The van der Waals surface area contributed by atoms with E-state index in [2.05, 4.69) is 9.80 Å². The molecule has 128 valence electrons. The highest BCUT2D eigenvalue weighted by molar-refractivity contribution is 5.85. The molecule has 3 fully saturated rings. The van der Waals surface area contributed by atoms with Crippen molar-refractivity contribution >= 4 is 18.3 Å². The van der Waals surface area contributed by atoms with E-state index >= 15 is 0 Å². The zero-order chi connectivity index (χ0) is 14.8. The summed E-state index contributed by atoms with van der Waals surface area (Å²) in [6.07, 6.45) is 4.69. The van der Waals surface area contributed by atoms with Crippen LogP contribution < -0.4 is 5.73 Å². The molecule has 1 aliphatic heterocycles. The molecule has 0 aromatic rings. The molecule has 2 saturated carbocycles. The van der Waals surface area contributed by atoms with Gasteiger partial charge in [-0.15, -0.1) is 12.4 Å². The Morgan fingerprint density at radius 1 is 1.18 bits per heavy atom. The van der Waals surface area contributed by atoms with Crippen molar-refractivity contribution in [1.82, 2.24) is 9.80 Å². The van der Waals surface area contributed by atoms with Gasteiger partial charge in [-0.3, -0.25) is 9.69 Å². The van der Waals surface area contributed by atoms with E-state index in [4.69, 9.17) is 10.5 Å².